The molecule has 3 rings (SSSR count). The van der Waals surface area contributed by atoms with Gasteiger partial charge >= 0.3 is 0 Å². The van der Waals surface area contributed by atoms with Crippen LogP contribution in [0.1, 0.15) is 49.6 Å². The van der Waals surface area contributed by atoms with Crippen LogP contribution in [0.4, 0.5) is 0 Å². The van der Waals surface area contributed by atoms with E-state index in [1.54, 1.807) is 0 Å². The van der Waals surface area contributed by atoms with E-state index in [1.807, 2.05) is 0 Å². The zero-order chi connectivity index (χ0) is 17.1. The third kappa shape index (κ3) is 3.78. The number of aromatic nitrogens is 2. The lowest BCUT2D eigenvalue weighted by molar-refractivity contribution is 0.268. The van der Waals surface area contributed by atoms with Crippen LogP contribution in [-0.2, 0) is 0 Å². The van der Waals surface area contributed by atoms with Gasteiger partial charge in [-0.05, 0) is 62.4 Å². The van der Waals surface area contributed by atoms with E-state index in [4.69, 9.17) is 9.26 Å². The Hall–Kier alpha value is -1.88. The summed E-state index contributed by atoms with van der Waals surface area (Å²) in [6.07, 6.45) is 2.26. The highest BCUT2D eigenvalue weighted by Crippen LogP contribution is 2.30. The third-order valence-electron chi connectivity index (χ3n) is 4.37. The molecule has 1 aliphatic rings. The van der Waals surface area contributed by atoms with E-state index in [-0.39, 0.29) is 0 Å². The van der Waals surface area contributed by atoms with Crippen LogP contribution in [0.3, 0.4) is 0 Å². The largest absolute Gasteiger partial charge is 0.493 e. The van der Waals surface area contributed by atoms with E-state index < -0.39 is 0 Å². The van der Waals surface area contributed by atoms with Gasteiger partial charge in [0, 0.05) is 12.1 Å². The van der Waals surface area contributed by atoms with Crippen LogP contribution < -0.4 is 10.1 Å². The molecule has 0 aliphatic carbocycles. The Kier molecular flexibility index (Phi) is 5.19. The Morgan fingerprint density at radius 1 is 1.29 bits per heavy atom. The van der Waals surface area contributed by atoms with Crippen molar-refractivity contribution in [1.82, 2.24) is 15.5 Å². The molecule has 0 radical (unpaired) electrons. The number of benzene rings is 1. The number of nitrogens with zero attached hydrogens (tertiary/aromatic N) is 2. The molecule has 2 heterocycles. The number of hydrogen-bond donors (Lipinski definition) is 1. The summed E-state index contributed by atoms with van der Waals surface area (Å²) in [5.41, 5.74) is 3.20. The molecule has 2 aromatic rings. The van der Waals surface area contributed by atoms with Gasteiger partial charge in [-0.25, -0.2) is 0 Å². The van der Waals surface area contributed by atoms with Gasteiger partial charge in [-0.2, -0.15) is 4.98 Å². The highest BCUT2D eigenvalue weighted by molar-refractivity contribution is 5.61. The van der Waals surface area contributed by atoms with Crippen molar-refractivity contribution < 1.29 is 9.26 Å². The maximum atomic E-state index is 5.95. The summed E-state index contributed by atoms with van der Waals surface area (Å²) in [6.45, 7) is 11.2. The number of aryl methyl sites for hydroxylation is 2. The molecule has 1 fully saturated rings. The Balaban J connectivity index is 1.81. The van der Waals surface area contributed by atoms with Crippen molar-refractivity contribution in [2.75, 3.05) is 19.7 Å². The number of ether oxygens (including phenoxy) is 1. The van der Waals surface area contributed by atoms with Gasteiger partial charge in [0.25, 0.3) is 0 Å². The van der Waals surface area contributed by atoms with E-state index >= 15 is 0 Å². The summed E-state index contributed by atoms with van der Waals surface area (Å²) < 4.78 is 11.5. The topological polar surface area (TPSA) is 60.2 Å². The molecule has 1 aromatic heterocycles. The van der Waals surface area contributed by atoms with Crippen LogP contribution >= 0.6 is 0 Å². The van der Waals surface area contributed by atoms with Gasteiger partial charge in [-0.3, -0.25) is 0 Å². The van der Waals surface area contributed by atoms with Crippen LogP contribution in [0.25, 0.3) is 11.4 Å². The zero-order valence-electron chi connectivity index (χ0n) is 15.1. The summed E-state index contributed by atoms with van der Waals surface area (Å²) in [4.78, 5) is 4.63. The predicted molar refractivity (Wildman–Crippen MR) is 94.4 cm³/mol. The van der Waals surface area contributed by atoms with Gasteiger partial charge in [0.15, 0.2) is 0 Å². The minimum atomic E-state index is 0.329. The van der Waals surface area contributed by atoms with Crippen molar-refractivity contribution >= 4 is 0 Å². The molecule has 5 heteroatoms. The molecule has 0 saturated carbocycles. The maximum Gasteiger partial charge on any atom is 0.231 e. The molecule has 5 nitrogen and oxygen atoms in total. The van der Waals surface area contributed by atoms with Crippen molar-refractivity contribution in [3.63, 3.8) is 0 Å². The Labute approximate surface area is 143 Å². The molecule has 0 spiro atoms. The summed E-state index contributed by atoms with van der Waals surface area (Å²) in [6, 6.07) is 4.16. The molecule has 0 amide bonds. The van der Waals surface area contributed by atoms with Gasteiger partial charge in [0.2, 0.25) is 11.7 Å². The molecule has 1 aliphatic heterocycles. The molecular formula is C19H27N3O2. The molecular weight excluding hydrogens is 302 g/mol. The second kappa shape index (κ2) is 7.34. The fourth-order valence-electron chi connectivity index (χ4n) is 3.14. The van der Waals surface area contributed by atoms with Gasteiger partial charge in [-0.15, -0.1) is 0 Å². The van der Waals surface area contributed by atoms with E-state index in [2.05, 4.69) is 55.3 Å². The fraction of sp³-hybridized carbons (Fsp3) is 0.579. The fourth-order valence-corrected chi connectivity index (χ4v) is 3.14. The van der Waals surface area contributed by atoms with Crippen molar-refractivity contribution in [1.29, 1.82) is 0 Å². The lowest BCUT2D eigenvalue weighted by Crippen LogP contribution is -2.28. The average molecular weight is 329 g/mol. The first-order valence-corrected chi connectivity index (χ1v) is 8.83. The predicted octanol–water partition coefficient (Wildman–Crippen LogP) is 3.86. The summed E-state index contributed by atoms with van der Waals surface area (Å²) in [5, 5.41) is 7.58. The van der Waals surface area contributed by atoms with Crippen LogP contribution in [-0.4, -0.2) is 29.8 Å². The smallest absolute Gasteiger partial charge is 0.231 e. The van der Waals surface area contributed by atoms with E-state index in [0.717, 1.165) is 60.9 Å². The van der Waals surface area contributed by atoms with Crippen molar-refractivity contribution in [3.8, 4) is 17.1 Å². The summed E-state index contributed by atoms with van der Waals surface area (Å²) in [7, 11) is 0. The lowest BCUT2D eigenvalue weighted by atomic mass is 10.00. The van der Waals surface area contributed by atoms with E-state index in [0.29, 0.717) is 17.7 Å². The van der Waals surface area contributed by atoms with Gasteiger partial charge in [0.1, 0.15) is 5.75 Å². The number of rotatable bonds is 5. The zero-order valence-corrected chi connectivity index (χ0v) is 15.1. The number of nitrogens with one attached hydrogen (secondary N) is 1. The molecule has 0 unspecified atom stereocenters. The SMILES string of the molecule is Cc1cc(-c2noc([C@@H]3CCCNC3)n2)cc(C)c1OCC(C)C. The second-order valence-electron chi connectivity index (χ2n) is 7.14. The number of hydrogen-bond acceptors (Lipinski definition) is 5. The van der Waals surface area contributed by atoms with Crippen LogP contribution in [0.2, 0.25) is 0 Å². The Bertz CT molecular complexity index is 665. The van der Waals surface area contributed by atoms with Gasteiger partial charge < -0.3 is 14.6 Å². The molecule has 1 saturated heterocycles. The minimum Gasteiger partial charge on any atom is -0.493 e. The third-order valence-corrected chi connectivity index (χ3v) is 4.37. The van der Waals surface area contributed by atoms with Crippen LogP contribution in [0, 0.1) is 19.8 Å². The summed E-state index contributed by atoms with van der Waals surface area (Å²) >= 11 is 0. The first-order chi connectivity index (χ1) is 11.5. The van der Waals surface area contributed by atoms with Gasteiger partial charge in [-0.1, -0.05) is 19.0 Å². The standard InChI is InChI=1S/C19H27N3O2/c1-12(2)11-23-17-13(3)8-16(9-14(17)4)18-21-19(24-22-18)15-6-5-7-20-10-15/h8-9,12,15,20H,5-7,10-11H2,1-4H3/t15-/m1/s1. The first-order valence-electron chi connectivity index (χ1n) is 8.83. The molecule has 1 atom stereocenters. The van der Waals surface area contributed by atoms with Gasteiger partial charge in [0.05, 0.1) is 12.5 Å². The first kappa shape index (κ1) is 17.0. The molecule has 24 heavy (non-hydrogen) atoms. The van der Waals surface area contributed by atoms with Crippen molar-refractivity contribution in [2.24, 2.45) is 5.92 Å². The molecule has 1 aromatic carbocycles. The maximum absolute atomic E-state index is 5.95. The summed E-state index contributed by atoms with van der Waals surface area (Å²) in [5.74, 6) is 3.21. The molecule has 0 bridgehead atoms. The normalized spacial score (nSPS) is 18.1. The molecule has 1 N–H and O–H groups in total. The van der Waals surface area contributed by atoms with E-state index in [1.165, 1.54) is 0 Å². The van der Waals surface area contributed by atoms with Crippen LogP contribution in [0.5, 0.6) is 5.75 Å². The highest BCUT2D eigenvalue weighted by atomic mass is 16.5. The second-order valence-corrected chi connectivity index (χ2v) is 7.14. The number of piperidine rings is 1. The van der Waals surface area contributed by atoms with Crippen molar-refractivity contribution in [2.45, 2.75) is 46.5 Å². The lowest BCUT2D eigenvalue weighted by Gasteiger charge is -2.18. The minimum absolute atomic E-state index is 0.329. The molecule has 130 valence electrons. The highest BCUT2D eigenvalue weighted by Gasteiger charge is 2.22. The Morgan fingerprint density at radius 2 is 2.04 bits per heavy atom. The van der Waals surface area contributed by atoms with Crippen LogP contribution in [0.15, 0.2) is 16.7 Å². The monoisotopic (exact) mass is 329 g/mol. The van der Waals surface area contributed by atoms with Crippen molar-refractivity contribution in [3.05, 3.63) is 29.2 Å². The van der Waals surface area contributed by atoms with E-state index in [9.17, 15) is 0 Å². The average Bonchev–Trinajstić information content (AvgIpc) is 3.04. The quantitative estimate of drug-likeness (QED) is 0.902. The Morgan fingerprint density at radius 3 is 2.67 bits per heavy atom.